The number of carbonyl (C=O) groups is 1. The Balaban J connectivity index is 2.07. The molecule has 0 aliphatic rings. The SMILES string of the molecule is Cc1noc(C)c1S(=O)(=O)N[C@@H](C)C(=O)NCC(C)(C)c1cccc(C(F)(F)F)c1. The molecule has 1 atom stereocenters. The summed E-state index contributed by atoms with van der Waals surface area (Å²) in [4.78, 5) is 12.3. The Morgan fingerprint density at radius 1 is 1.20 bits per heavy atom. The minimum Gasteiger partial charge on any atom is -0.360 e. The number of alkyl halides is 3. The summed E-state index contributed by atoms with van der Waals surface area (Å²) < 4.78 is 71.0. The average Bonchev–Trinajstić information content (AvgIpc) is 2.98. The van der Waals surface area contributed by atoms with Gasteiger partial charge in [0.1, 0.15) is 10.6 Å². The van der Waals surface area contributed by atoms with E-state index < -0.39 is 39.1 Å². The van der Waals surface area contributed by atoms with Crippen LogP contribution in [0.1, 0.15) is 43.4 Å². The monoisotopic (exact) mass is 447 g/mol. The standard InChI is InChI=1S/C19H24F3N3O4S/c1-11-16(13(3)29-24-11)30(27,28)25-12(2)17(26)23-10-18(4,5)14-7-6-8-15(9-14)19(20,21)22/h6-9,12,25H,10H2,1-5H3,(H,23,26)/t12-/m0/s1. The van der Waals surface area contributed by atoms with Gasteiger partial charge < -0.3 is 9.84 Å². The van der Waals surface area contributed by atoms with Crippen molar-refractivity contribution in [3.63, 3.8) is 0 Å². The maximum atomic E-state index is 13.0. The van der Waals surface area contributed by atoms with E-state index in [-0.39, 0.29) is 22.9 Å². The first kappa shape index (κ1) is 23.9. The van der Waals surface area contributed by atoms with Gasteiger partial charge in [0.05, 0.1) is 11.6 Å². The Kier molecular flexibility index (Phi) is 6.67. The van der Waals surface area contributed by atoms with Gasteiger partial charge in [-0.1, -0.05) is 37.2 Å². The second-order valence-corrected chi connectivity index (χ2v) is 9.33. The van der Waals surface area contributed by atoms with Gasteiger partial charge in [0.25, 0.3) is 0 Å². The number of aryl methyl sites for hydroxylation is 2. The number of halogens is 3. The number of benzene rings is 1. The predicted molar refractivity (Wildman–Crippen MR) is 103 cm³/mol. The number of carbonyl (C=O) groups excluding carboxylic acids is 1. The van der Waals surface area contributed by atoms with Crippen LogP contribution in [0.2, 0.25) is 0 Å². The number of hydrogen-bond acceptors (Lipinski definition) is 5. The van der Waals surface area contributed by atoms with E-state index >= 15 is 0 Å². The zero-order valence-corrected chi connectivity index (χ0v) is 18.0. The van der Waals surface area contributed by atoms with Crippen molar-refractivity contribution >= 4 is 15.9 Å². The van der Waals surface area contributed by atoms with Crippen LogP contribution in [-0.4, -0.2) is 32.1 Å². The van der Waals surface area contributed by atoms with Gasteiger partial charge in [-0.2, -0.15) is 17.9 Å². The molecule has 166 valence electrons. The van der Waals surface area contributed by atoms with Crippen LogP contribution in [0.3, 0.4) is 0 Å². The highest BCUT2D eigenvalue weighted by Gasteiger charge is 2.33. The van der Waals surface area contributed by atoms with Crippen molar-refractivity contribution in [2.45, 2.75) is 57.1 Å². The molecule has 0 aliphatic carbocycles. The molecule has 11 heteroatoms. The van der Waals surface area contributed by atoms with E-state index in [1.54, 1.807) is 19.9 Å². The quantitative estimate of drug-likeness (QED) is 0.679. The van der Waals surface area contributed by atoms with E-state index in [0.717, 1.165) is 12.1 Å². The van der Waals surface area contributed by atoms with Crippen LogP contribution in [-0.2, 0) is 26.4 Å². The molecule has 1 aromatic carbocycles. The van der Waals surface area contributed by atoms with Crippen molar-refractivity contribution < 1.29 is 30.9 Å². The number of hydrogen-bond donors (Lipinski definition) is 2. The van der Waals surface area contributed by atoms with Gasteiger partial charge in [-0.05, 0) is 32.4 Å². The molecular weight excluding hydrogens is 423 g/mol. The molecule has 0 fully saturated rings. The lowest BCUT2D eigenvalue weighted by atomic mass is 9.83. The Bertz CT molecular complexity index is 1010. The molecule has 2 N–H and O–H groups in total. The van der Waals surface area contributed by atoms with Crippen molar-refractivity contribution in [1.29, 1.82) is 0 Å². The van der Waals surface area contributed by atoms with Crippen LogP contribution in [0.4, 0.5) is 13.2 Å². The van der Waals surface area contributed by atoms with Crippen molar-refractivity contribution in [2.75, 3.05) is 6.54 Å². The molecule has 1 aromatic heterocycles. The average molecular weight is 447 g/mol. The van der Waals surface area contributed by atoms with Crippen molar-refractivity contribution in [3.8, 4) is 0 Å². The number of aromatic nitrogens is 1. The molecule has 0 spiro atoms. The van der Waals surface area contributed by atoms with Gasteiger partial charge in [0.15, 0.2) is 5.76 Å². The highest BCUT2D eigenvalue weighted by atomic mass is 32.2. The third-order valence-electron chi connectivity index (χ3n) is 4.64. The van der Waals surface area contributed by atoms with E-state index in [9.17, 15) is 26.4 Å². The van der Waals surface area contributed by atoms with Gasteiger partial charge in [-0.15, -0.1) is 0 Å². The number of nitrogens with one attached hydrogen (secondary N) is 2. The Hall–Kier alpha value is -2.40. The van der Waals surface area contributed by atoms with Gasteiger partial charge in [-0.25, -0.2) is 8.42 Å². The lowest BCUT2D eigenvalue weighted by molar-refractivity contribution is -0.137. The summed E-state index contributed by atoms with van der Waals surface area (Å²) in [6.45, 7) is 7.64. The molecule has 0 radical (unpaired) electrons. The summed E-state index contributed by atoms with van der Waals surface area (Å²) in [5, 5.41) is 6.18. The Morgan fingerprint density at radius 3 is 2.33 bits per heavy atom. The molecule has 0 saturated heterocycles. The summed E-state index contributed by atoms with van der Waals surface area (Å²) >= 11 is 0. The zero-order chi connectivity index (χ0) is 22.9. The van der Waals surface area contributed by atoms with Crippen LogP contribution in [0.15, 0.2) is 33.7 Å². The highest BCUT2D eigenvalue weighted by molar-refractivity contribution is 7.89. The summed E-state index contributed by atoms with van der Waals surface area (Å²) in [5.41, 5.74) is -1.04. The third-order valence-corrected chi connectivity index (χ3v) is 6.42. The normalized spacial score (nSPS) is 13.9. The minimum absolute atomic E-state index is 0.00450. The highest BCUT2D eigenvalue weighted by Crippen LogP contribution is 2.32. The van der Waals surface area contributed by atoms with Crippen LogP contribution in [0.25, 0.3) is 0 Å². The number of nitrogens with zero attached hydrogens (tertiary/aromatic N) is 1. The smallest absolute Gasteiger partial charge is 0.360 e. The molecule has 7 nitrogen and oxygen atoms in total. The van der Waals surface area contributed by atoms with Crippen molar-refractivity contribution in [3.05, 3.63) is 46.8 Å². The summed E-state index contributed by atoms with van der Waals surface area (Å²) in [6, 6.07) is 3.74. The summed E-state index contributed by atoms with van der Waals surface area (Å²) in [7, 11) is -4.04. The lowest BCUT2D eigenvalue weighted by Gasteiger charge is -2.27. The Labute approximate surface area is 173 Å². The first-order valence-corrected chi connectivity index (χ1v) is 10.5. The van der Waals surface area contributed by atoms with Gasteiger partial charge >= 0.3 is 6.18 Å². The fourth-order valence-electron chi connectivity index (χ4n) is 2.88. The second kappa shape index (κ2) is 8.38. The Morgan fingerprint density at radius 2 is 1.80 bits per heavy atom. The molecule has 1 heterocycles. The van der Waals surface area contributed by atoms with Crippen LogP contribution in [0, 0.1) is 13.8 Å². The predicted octanol–water partition coefficient (Wildman–Crippen LogP) is 3.07. The summed E-state index contributed by atoms with van der Waals surface area (Å²) in [6.07, 6.45) is -4.47. The fraction of sp³-hybridized carbons (Fsp3) is 0.474. The molecule has 0 aliphatic heterocycles. The summed E-state index contributed by atoms with van der Waals surface area (Å²) in [5.74, 6) is -0.524. The second-order valence-electron chi connectivity index (χ2n) is 7.68. The first-order chi connectivity index (χ1) is 13.6. The molecule has 30 heavy (non-hydrogen) atoms. The lowest BCUT2D eigenvalue weighted by Crippen LogP contribution is -2.47. The van der Waals surface area contributed by atoms with Crippen LogP contribution < -0.4 is 10.0 Å². The van der Waals surface area contributed by atoms with E-state index in [4.69, 9.17) is 4.52 Å². The number of amides is 1. The molecule has 2 rings (SSSR count). The third kappa shape index (κ3) is 5.39. The zero-order valence-electron chi connectivity index (χ0n) is 17.2. The molecule has 0 bridgehead atoms. The maximum Gasteiger partial charge on any atom is 0.416 e. The largest absolute Gasteiger partial charge is 0.416 e. The van der Waals surface area contributed by atoms with Crippen LogP contribution >= 0.6 is 0 Å². The fourth-order valence-corrected chi connectivity index (χ4v) is 4.42. The van der Waals surface area contributed by atoms with Crippen molar-refractivity contribution in [2.24, 2.45) is 0 Å². The molecule has 0 saturated carbocycles. The number of rotatable bonds is 7. The van der Waals surface area contributed by atoms with E-state index in [0.29, 0.717) is 5.56 Å². The van der Waals surface area contributed by atoms with Crippen LogP contribution in [0.5, 0.6) is 0 Å². The van der Waals surface area contributed by atoms with Crippen molar-refractivity contribution in [1.82, 2.24) is 15.2 Å². The van der Waals surface area contributed by atoms with Gasteiger partial charge in [0, 0.05) is 12.0 Å². The topological polar surface area (TPSA) is 101 Å². The molecule has 0 unspecified atom stereocenters. The number of sulfonamides is 1. The molecular formula is C19H24F3N3O4S. The maximum absolute atomic E-state index is 13.0. The van der Waals surface area contributed by atoms with E-state index in [2.05, 4.69) is 15.2 Å². The minimum atomic E-state index is -4.47. The molecule has 1 amide bonds. The first-order valence-electron chi connectivity index (χ1n) is 9.06. The van der Waals surface area contributed by atoms with Gasteiger partial charge in [0.2, 0.25) is 15.9 Å². The van der Waals surface area contributed by atoms with Gasteiger partial charge in [-0.3, -0.25) is 4.79 Å². The molecule has 2 aromatic rings. The van der Waals surface area contributed by atoms with E-state index in [1.165, 1.54) is 26.8 Å². The van der Waals surface area contributed by atoms with E-state index in [1.807, 2.05) is 0 Å².